The highest BCUT2D eigenvalue weighted by Gasteiger charge is 2.22. The molecule has 0 saturated heterocycles. The van der Waals surface area contributed by atoms with Crippen molar-refractivity contribution in [3.63, 3.8) is 0 Å². The molecule has 0 atom stereocenters. The van der Waals surface area contributed by atoms with Gasteiger partial charge in [-0.3, -0.25) is 24.8 Å². The lowest BCUT2D eigenvalue weighted by atomic mass is 9.95. The zero-order chi connectivity index (χ0) is 20.2. The van der Waals surface area contributed by atoms with Gasteiger partial charge in [-0.15, -0.1) is 5.10 Å². The van der Waals surface area contributed by atoms with E-state index in [2.05, 4.69) is 31.1 Å². The fraction of sp³-hybridized carbons (Fsp3) is 0.353. The van der Waals surface area contributed by atoms with Gasteiger partial charge in [0.2, 0.25) is 23.7 Å². The number of carbonyl (C=O) groups excluding carboxylic acids is 3. The second-order valence-corrected chi connectivity index (χ2v) is 7.32. The number of carbonyl (C=O) groups is 3. The van der Waals surface area contributed by atoms with Gasteiger partial charge in [0.25, 0.3) is 0 Å². The number of benzene rings is 1. The first-order valence-electron chi connectivity index (χ1n) is 8.14. The topological polar surface area (TPSA) is 129 Å². The van der Waals surface area contributed by atoms with Crippen LogP contribution in [0.4, 0.5) is 17.3 Å². The third-order valence-corrected chi connectivity index (χ3v) is 3.64. The molecule has 1 aromatic carbocycles. The van der Waals surface area contributed by atoms with Crippen LogP contribution >= 0.6 is 11.6 Å². The molecule has 0 radical (unpaired) electrons. The number of nitrogens with one attached hydrogen (secondary N) is 4. The molecule has 9 nitrogen and oxygen atoms in total. The van der Waals surface area contributed by atoms with E-state index in [1.54, 1.807) is 39.0 Å². The van der Waals surface area contributed by atoms with Gasteiger partial charge in [-0.1, -0.05) is 32.4 Å². The van der Waals surface area contributed by atoms with Crippen molar-refractivity contribution in [3.05, 3.63) is 29.0 Å². The second-order valence-electron chi connectivity index (χ2n) is 6.91. The number of hydrogen-bond donors (Lipinski definition) is 4. The van der Waals surface area contributed by atoms with Gasteiger partial charge in [0, 0.05) is 18.0 Å². The molecule has 4 N–H and O–H groups in total. The summed E-state index contributed by atoms with van der Waals surface area (Å²) in [6, 6.07) is 4.79. The summed E-state index contributed by atoms with van der Waals surface area (Å²) in [4.78, 5) is 39.1. The van der Waals surface area contributed by atoms with E-state index in [-0.39, 0.29) is 30.1 Å². The van der Waals surface area contributed by atoms with Crippen LogP contribution in [0, 0.1) is 5.41 Å². The molecule has 10 heteroatoms. The molecule has 0 spiro atoms. The van der Waals surface area contributed by atoms with Crippen LogP contribution in [-0.4, -0.2) is 32.9 Å². The van der Waals surface area contributed by atoms with Crippen LogP contribution in [-0.2, 0) is 20.8 Å². The van der Waals surface area contributed by atoms with Gasteiger partial charge in [0.1, 0.15) is 5.82 Å². The predicted octanol–water partition coefficient (Wildman–Crippen LogP) is 2.58. The van der Waals surface area contributed by atoms with Crippen molar-refractivity contribution in [2.45, 2.75) is 34.1 Å². The number of rotatable bonds is 5. The van der Waals surface area contributed by atoms with E-state index in [4.69, 9.17) is 11.6 Å². The maximum atomic E-state index is 12.1. The van der Waals surface area contributed by atoms with Crippen LogP contribution in [0.3, 0.4) is 0 Å². The molecule has 0 unspecified atom stereocenters. The first-order valence-corrected chi connectivity index (χ1v) is 8.52. The smallest absolute Gasteiger partial charge is 0.248 e. The molecule has 0 aliphatic heterocycles. The van der Waals surface area contributed by atoms with Gasteiger partial charge in [0.15, 0.2) is 0 Å². The maximum absolute atomic E-state index is 12.1. The Balaban J connectivity index is 1.98. The standard InChI is InChI=1S/C17H21ClN6O3/c1-9(25)19-16-22-13(23-24-16)8-14(26)20-10-5-6-12(11(18)7-10)21-15(27)17(2,3)4/h5-7H,8H2,1-4H3,(H,20,26)(H,21,27)(H2,19,22,23,24,25). The maximum Gasteiger partial charge on any atom is 0.248 e. The highest BCUT2D eigenvalue weighted by Crippen LogP contribution is 2.27. The van der Waals surface area contributed by atoms with Crippen molar-refractivity contribution in [2.24, 2.45) is 5.41 Å². The van der Waals surface area contributed by atoms with Crippen LogP contribution in [0.1, 0.15) is 33.5 Å². The average molecular weight is 393 g/mol. The summed E-state index contributed by atoms with van der Waals surface area (Å²) in [5, 5.41) is 14.5. The summed E-state index contributed by atoms with van der Waals surface area (Å²) >= 11 is 6.18. The number of anilines is 3. The van der Waals surface area contributed by atoms with Crippen LogP contribution in [0.15, 0.2) is 18.2 Å². The van der Waals surface area contributed by atoms with Crippen LogP contribution in [0.2, 0.25) is 5.02 Å². The zero-order valence-electron chi connectivity index (χ0n) is 15.4. The number of H-pyrrole nitrogens is 1. The molecule has 0 saturated carbocycles. The monoisotopic (exact) mass is 392 g/mol. The van der Waals surface area contributed by atoms with E-state index < -0.39 is 5.41 Å². The Hall–Kier alpha value is -2.94. The van der Waals surface area contributed by atoms with E-state index in [1.807, 2.05) is 0 Å². The van der Waals surface area contributed by atoms with Crippen molar-refractivity contribution in [2.75, 3.05) is 16.0 Å². The summed E-state index contributed by atoms with van der Waals surface area (Å²) in [7, 11) is 0. The predicted molar refractivity (Wildman–Crippen MR) is 103 cm³/mol. The number of aromatic amines is 1. The highest BCUT2D eigenvalue weighted by molar-refractivity contribution is 6.34. The van der Waals surface area contributed by atoms with Crippen molar-refractivity contribution in [1.29, 1.82) is 0 Å². The lowest BCUT2D eigenvalue weighted by molar-refractivity contribution is -0.123. The molecule has 1 heterocycles. The Morgan fingerprint density at radius 3 is 2.44 bits per heavy atom. The number of nitrogens with zero attached hydrogens (tertiary/aromatic N) is 2. The SMILES string of the molecule is CC(=O)Nc1n[nH]c(CC(=O)Nc2ccc(NC(=O)C(C)(C)C)c(Cl)c2)n1. The van der Waals surface area contributed by atoms with Crippen molar-refractivity contribution in [1.82, 2.24) is 15.2 Å². The Kier molecular flexibility index (Phi) is 6.17. The molecule has 0 bridgehead atoms. The molecular weight excluding hydrogens is 372 g/mol. The summed E-state index contributed by atoms with van der Waals surface area (Å²) in [6.07, 6.45) is -0.0628. The fourth-order valence-corrected chi connectivity index (χ4v) is 2.18. The van der Waals surface area contributed by atoms with Crippen molar-refractivity contribution in [3.8, 4) is 0 Å². The largest absolute Gasteiger partial charge is 0.326 e. The molecular formula is C17H21ClN6O3. The van der Waals surface area contributed by atoms with E-state index in [0.717, 1.165) is 0 Å². The fourth-order valence-electron chi connectivity index (χ4n) is 1.95. The Morgan fingerprint density at radius 1 is 1.15 bits per heavy atom. The van der Waals surface area contributed by atoms with Crippen LogP contribution < -0.4 is 16.0 Å². The van der Waals surface area contributed by atoms with Crippen LogP contribution in [0.5, 0.6) is 0 Å². The first kappa shape index (κ1) is 20.4. The van der Waals surface area contributed by atoms with Crippen molar-refractivity contribution >= 4 is 46.6 Å². The first-order chi connectivity index (χ1) is 12.5. The lowest BCUT2D eigenvalue weighted by Crippen LogP contribution is -2.27. The Bertz CT molecular complexity index is 872. The normalized spacial score (nSPS) is 11.0. The van der Waals surface area contributed by atoms with Gasteiger partial charge in [-0.25, -0.2) is 0 Å². The summed E-state index contributed by atoms with van der Waals surface area (Å²) < 4.78 is 0. The van der Waals surface area contributed by atoms with Gasteiger partial charge in [-0.05, 0) is 18.2 Å². The number of aromatic nitrogens is 3. The number of halogens is 1. The van der Waals surface area contributed by atoms with E-state index in [9.17, 15) is 14.4 Å². The van der Waals surface area contributed by atoms with E-state index in [0.29, 0.717) is 22.2 Å². The summed E-state index contributed by atoms with van der Waals surface area (Å²) in [5.74, 6) is -0.411. The molecule has 0 aliphatic rings. The highest BCUT2D eigenvalue weighted by atomic mass is 35.5. The van der Waals surface area contributed by atoms with Gasteiger partial charge >= 0.3 is 0 Å². The number of hydrogen-bond acceptors (Lipinski definition) is 5. The molecule has 0 aliphatic carbocycles. The van der Waals surface area contributed by atoms with Gasteiger partial charge in [-0.2, -0.15) is 4.98 Å². The Labute approximate surface area is 161 Å². The zero-order valence-corrected chi connectivity index (χ0v) is 16.2. The molecule has 3 amide bonds. The minimum atomic E-state index is -0.552. The van der Waals surface area contributed by atoms with E-state index >= 15 is 0 Å². The number of amides is 3. The Morgan fingerprint density at radius 2 is 1.85 bits per heavy atom. The quantitative estimate of drug-likeness (QED) is 0.621. The lowest BCUT2D eigenvalue weighted by Gasteiger charge is -2.18. The summed E-state index contributed by atoms with van der Waals surface area (Å²) in [5.41, 5.74) is 0.383. The van der Waals surface area contributed by atoms with E-state index in [1.165, 1.54) is 6.92 Å². The summed E-state index contributed by atoms with van der Waals surface area (Å²) in [6.45, 7) is 6.73. The minimum absolute atomic E-state index is 0.0628. The molecule has 2 rings (SSSR count). The third-order valence-electron chi connectivity index (χ3n) is 3.33. The minimum Gasteiger partial charge on any atom is -0.326 e. The molecule has 27 heavy (non-hydrogen) atoms. The molecule has 0 fully saturated rings. The third kappa shape index (κ3) is 6.07. The average Bonchev–Trinajstić information content (AvgIpc) is 2.94. The van der Waals surface area contributed by atoms with Crippen LogP contribution in [0.25, 0.3) is 0 Å². The van der Waals surface area contributed by atoms with Gasteiger partial charge in [0.05, 0.1) is 17.1 Å². The molecule has 144 valence electrons. The van der Waals surface area contributed by atoms with Crippen molar-refractivity contribution < 1.29 is 14.4 Å². The molecule has 1 aromatic heterocycles. The molecule has 2 aromatic rings. The van der Waals surface area contributed by atoms with Gasteiger partial charge < -0.3 is 10.6 Å². The second kappa shape index (κ2) is 8.17.